The van der Waals surface area contributed by atoms with Crippen molar-refractivity contribution in [3.63, 3.8) is 0 Å². The van der Waals surface area contributed by atoms with E-state index in [2.05, 4.69) is 5.32 Å². The van der Waals surface area contributed by atoms with Crippen LogP contribution in [0.4, 0.5) is 4.79 Å². The van der Waals surface area contributed by atoms with Crippen LogP contribution < -0.4 is 5.32 Å². The number of hydrogen-bond acceptors (Lipinski definition) is 5. The maximum absolute atomic E-state index is 11.7. The van der Waals surface area contributed by atoms with Gasteiger partial charge in [0.05, 0.1) is 12.2 Å². The second kappa shape index (κ2) is 8.53. The predicted octanol–water partition coefficient (Wildman–Crippen LogP) is 2.64. The predicted molar refractivity (Wildman–Crippen MR) is 86.1 cm³/mol. The standard InChI is InChI=1S/C17H25NO5/c1-5-10-22-15(20)13-8-6-12(7-9-13)11-14(19)18-16(21)23-17(2,3)4/h6-9,14,19H,5,10-11H2,1-4H3,(H,18,21). The number of esters is 1. The van der Waals surface area contributed by atoms with Crippen LogP contribution in [0, 0.1) is 0 Å². The monoisotopic (exact) mass is 323 g/mol. The Bertz CT molecular complexity index is 519. The van der Waals surface area contributed by atoms with Crippen molar-refractivity contribution in [3.8, 4) is 0 Å². The molecule has 2 N–H and O–H groups in total. The Hall–Kier alpha value is -2.08. The molecule has 1 aromatic carbocycles. The average Bonchev–Trinajstić information content (AvgIpc) is 2.43. The van der Waals surface area contributed by atoms with Gasteiger partial charge in [0.1, 0.15) is 11.8 Å². The van der Waals surface area contributed by atoms with Gasteiger partial charge in [-0.15, -0.1) is 0 Å². The number of rotatable bonds is 6. The summed E-state index contributed by atoms with van der Waals surface area (Å²) in [4.78, 5) is 23.2. The quantitative estimate of drug-likeness (QED) is 0.621. The van der Waals surface area contributed by atoms with Crippen LogP contribution >= 0.6 is 0 Å². The highest BCUT2D eigenvalue weighted by Gasteiger charge is 2.18. The smallest absolute Gasteiger partial charge is 0.409 e. The summed E-state index contributed by atoms with van der Waals surface area (Å²) in [6, 6.07) is 6.69. The van der Waals surface area contributed by atoms with E-state index in [0.717, 1.165) is 12.0 Å². The molecule has 23 heavy (non-hydrogen) atoms. The molecule has 0 spiro atoms. The van der Waals surface area contributed by atoms with E-state index in [1.165, 1.54) is 0 Å². The summed E-state index contributed by atoms with van der Waals surface area (Å²) in [7, 11) is 0. The number of ether oxygens (including phenoxy) is 2. The number of alkyl carbamates (subject to hydrolysis) is 1. The van der Waals surface area contributed by atoms with E-state index in [4.69, 9.17) is 9.47 Å². The zero-order valence-corrected chi connectivity index (χ0v) is 14.1. The molecule has 6 heteroatoms. The Labute approximate surface area is 136 Å². The Balaban J connectivity index is 2.51. The van der Waals surface area contributed by atoms with Crippen molar-refractivity contribution >= 4 is 12.1 Å². The Morgan fingerprint density at radius 3 is 2.35 bits per heavy atom. The number of aliphatic hydroxyl groups excluding tert-OH is 1. The van der Waals surface area contributed by atoms with Crippen LogP contribution in [-0.2, 0) is 15.9 Å². The molecule has 1 atom stereocenters. The molecule has 0 aliphatic rings. The fourth-order valence-corrected chi connectivity index (χ4v) is 1.77. The summed E-state index contributed by atoms with van der Waals surface area (Å²) in [6.45, 7) is 7.55. The van der Waals surface area contributed by atoms with Crippen LogP contribution in [0.25, 0.3) is 0 Å². The lowest BCUT2D eigenvalue weighted by molar-refractivity contribution is 0.0359. The summed E-state index contributed by atoms with van der Waals surface area (Å²) in [5.41, 5.74) is 0.613. The highest BCUT2D eigenvalue weighted by molar-refractivity contribution is 5.89. The third-order valence-electron chi connectivity index (χ3n) is 2.74. The van der Waals surface area contributed by atoms with Gasteiger partial charge in [-0.25, -0.2) is 9.59 Å². The third kappa shape index (κ3) is 7.65. The first kappa shape index (κ1) is 19.0. The summed E-state index contributed by atoms with van der Waals surface area (Å²) >= 11 is 0. The first-order valence-corrected chi connectivity index (χ1v) is 7.65. The molecule has 0 radical (unpaired) electrons. The van der Waals surface area contributed by atoms with Crippen LogP contribution in [0.15, 0.2) is 24.3 Å². The van der Waals surface area contributed by atoms with Crippen molar-refractivity contribution in [2.45, 2.75) is 52.4 Å². The SMILES string of the molecule is CCCOC(=O)c1ccc(CC(O)NC(=O)OC(C)(C)C)cc1. The van der Waals surface area contributed by atoms with Gasteiger partial charge in [0, 0.05) is 6.42 Å². The van der Waals surface area contributed by atoms with Crippen molar-refractivity contribution in [3.05, 3.63) is 35.4 Å². The molecule has 128 valence electrons. The van der Waals surface area contributed by atoms with E-state index >= 15 is 0 Å². The van der Waals surface area contributed by atoms with Crippen LogP contribution in [0.3, 0.4) is 0 Å². The number of amides is 1. The largest absolute Gasteiger partial charge is 0.462 e. The van der Waals surface area contributed by atoms with Crippen molar-refractivity contribution in [2.24, 2.45) is 0 Å². The molecule has 1 aromatic rings. The molecule has 0 aromatic heterocycles. The molecule has 0 saturated heterocycles. The average molecular weight is 323 g/mol. The molecule has 0 fully saturated rings. The minimum absolute atomic E-state index is 0.212. The first-order chi connectivity index (χ1) is 10.7. The molecule has 1 unspecified atom stereocenters. The lowest BCUT2D eigenvalue weighted by Gasteiger charge is -2.21. The van der Waals surface area contributed by atoms with Gasteiger partial charge in [-0.05, 0) is 44.9 Å². The van der Waals surface area contributed by atoms with Crippen LogP contribution in [0.1, 0.15) is 50.0 Å². The maximum atomic E-state index is 11.7. The summed E-state index contributed by atoms with van der Waals surface area (Å²) in [5.74, 6) is -0.370. The fraction of sp³-hybridized carbons (Fsp3) is 0.529. The van der Waals surface area contributed by atoms with Gasteiger partial charge >= 0.3 is 12.1 Å². The molecular formula is C17H25NO5. The van der Waals surface area contributed by atoms with Gasteiger partial charge < -0.3 is 14.6 Å². The van der Waals surface area contributed by atoms with Crippen molar-refractivity contribution < 1.29 is 24.2 Å². The van der Waals surface area contributed by atoms with Gasteiger partial charge in [-0.3, -0.25) is 5.32 Å². The molecule has 1 amide bonds. The minimum atomic E-state index is -1.07. The molecular weight excluding hydrogens is 298 g/mol. The van der Waals surface area contributed by atoms with Gasteiger partial charge in [-0.2, -0.15) is 0 Å². The van der Waals surface area contributed by atoms with E-state index in [-0.39, 0.29) is 12.4 Å². The van der Waals surface area contributed by atoms with Crippen LogP contribution in [0.5, 0.6) is 0 Å². The molecule has 0 aliphatic heterocycles. The van der Waals surface area contributed by atoms with Gasteiger partial charge in [0.25, 0.3) is 0 Å². The second-order valence-corrected chi connectivity index (χ2v) is 6.20. The zero-order chi connectivity index (χ0) is 17.5. The molecule has 0 aliphatic carbocycles. The summed E-state index contributed by atoms with van der Waals surface area (Å²) in [6.07, 6.45) is -0.761. The number of carbonyl (C=O) groups is 2. The Morgan fingerprint density at radius 2 is 1.83 bits per heavy atom. The fourth-order valence-electron chi connectivity index (χ4n) is 1.77. The highest BCUT2D eigenvalue weighted by atomic mass is 16.6. The molecule has 0 bridgehead atoms. The first-order valence-electron chi connectivity index (χ1n) is 7.65. The number of nitrogens with one attached hydrogen (secondary N) is 1. The highest BCUT2D eigenvalue weighted by Crippen LogP contribution is 2.10. The molecule has 6 nitrogen and oxygen atoms in total. The zero-order valence-electron chi connectivity index (χ0n) is 14.1. The third-order valence-corrected chi connectivity index (χ3v) is 2.74. The van der Waals surface area contributed by atoms with E-state index in [0.29, 0.717) is 12.2 Å². The van der Waals surface area contributed by atoms with E-state index in [9.17, 15) is 14.7 Å². The van der Waals surface area contributed by atoms with Crippen LogP contribution in [0.2, 0.25) is 0 Å². The Kier molecular flexibility index (Phi) is 7.03. The van der Waals surface area contributed by atoms with E-state index in [1.54, 1.807) is 45.0 Å². The topological polar surface area (TPSA) is 84.9 Å². The van der Waals surface area contributed by atoms with Gasteiger partial charge in [-0.1, -0.05) is 19.1 Å². The number of hydrogen-bond donors (Lipinski definition) is 2. The Morgan fingerprint density at radius 1 is 1.22 bits per heavy atom. The van der Waals surface area contributed by atoms with E-state index in [1.807, 2.05) is 6.92 Å². The summed E-state index contributed by atoms with van der Waals surface area (Å²) in [5, 5.41) is 12.2. The van der Waals surface area contributed by atoms with Crippen LogP contribution in [-0.4, -0.2) is 35.6 Å². The number of aliphatic hydroxyl groups is 1. The van der Waals surface area contributed by atoms with Gasteiger partial charge in [0.15, 0.2) is 0 Å². The normalized spacial score (nSPS) is 12.4. The van der Waals surface area contributed by atoms with Crippen molar-refractivity contribution in [1.29, 1.82) is 0 Å². The molecule has 0 saturated carbocycles. The maximum Gasteiger partial charge on any atom is 0.409 e. The van der Waals surface area contributed by atoms with Crippen molar-refractivity contribution in [1.82, 2.24) is 5.32 Å². The molecule has 1 rings (SSSR count). The minimum Gasteiger partial charge on any atom is -0.462 e. The van der Waals surface area contributed by atoms with E-state index < -0.39 is 17.9 Å². The molecule has 0 heterocycles. The number of carbonyl (C=O) groups excluding carboxylic acids is 2. The van der Waals surface area contributed by atoms with Gasteiger partial charge in [0.2, 0.25) is 0 Å². The second-order valence-electron chi connectivity index (χ2n) is 6.20. The lowest BCUT2D eigenvalue weighted by Crippen LogP contribution is -2.40. The van der Waals surface area contributed by atoms with Crippen molar-refractivity contribution in [2.75, 3.05) is 6.61 Å². The summed E-state index contributed by atoms with van der Waals surface area (Å²) < 4.78 is 10.1. The number of benzene rings is 1. The lowest BCUT2D eigenvalue weighted by atomic mass is 10.1.